The Bertz CT molecular complexity index is 1210. The van der Waals surface area contributed by atoms with Crippen LogP contribution in [0.25, 0.3) is 0 Å². The molecule has 0 aliphatic heterocycles. The van der Waals surface area contributed by atoms with Gasteiger partial charge in [0.05, 0.1) is 15.7 Å². The second-order valence-electron chi connectivity index (χ2n) is 6.54. The second kappa shape index (κ2) is 9.63. The highest BCUT2D eigenvalue weighted by Gasteiger charge is 2.29. The lowest BCUT2D eigenvalue weighted by atomic mass is 10.1. The van der Waals surface area contributed by atoms with Crippen molar-refractivity contribution in [2.24, 2.45) is 7.05 Å². The van der Waals surface area contributed by atoms with E-state index < -0.39 is 10.9 Å². The van der Waals surface area contributed by atoms with Crippen LogP contribution in [-0.4, -0.2) is 22.3 Å². The van der Waals surface area contributed by atoms with Gasteiger partial charge in [0.2, 0.25) is 5.91 Å². The number of aromatic amines is 1. The quantitative estimate of drug-likeness (QED) is 0.368. The number of aromatic nitrogens is 2. The summed E-state index contributed by atoms with van der Waals surface area (Å²) in [7, 11) is 1.60. The first-order chi connectivity index (χ1) is 14.8. The molecule has 3 N–H and O–H groups in total. The molecule has 1 aromatic carbocycles. The van der Waals surface area contributed by atoms with Crippen LogP contribution in [0.5, 0.6) is 0 Å². The van der Waals surface area contributed by atoms with Crippen LogP contribution >= 0.6 is 23.1 Å². The lowest BCUT2D eigenvalue weighted by molar-refractivity contribution is -0.772. The van der Waals surface area contributed by atoms with E-state index in [0.29, 0.717) is 27.5 Å². The number of thiophene rings is 1. The number of aryl methyl sites for hydroxylation is 1. The normalized spacial score (nSPS) is 11.5. The molecule has 2 amide bonds. The largest absolute Gasteiger partial charge is 0.441 e. The number of amides is 2. The van der Waals surface area contributed by atoms with Gasteiger partial charge in [0.25, 0.3) is 5.91 Å². The maximum atomic E-state index is 12.9. The van der Waals surface area contributed by atoms with Crippen molar-refractivity contribution in [2.45, 2.75) is 30.5 Å². The van der Waals surface area contributed by atoms with Gasteiger partial charge in [-0.25, -0.2) is 4.79 Å². The van der Waals surface area contributed by atoms with Gasteiger partial charge in [-0.3, -0.25) is 14.1 Å². The molecule has 9 nitrogen and oxygen atoms in total. The fourth-order valence-electron chi connectivity index (χ4n) is 2.77. The Balaban J connectivity index is 1.81. The molecule has 0 aliphatic carbocycles. The molecule has 0 radical (unpaired) electrons. The third-order valence-corrected chi connectivity index (χ3v) is 7.11. The Morgan fingerprint density at radius 1 is 1.32 bits per heavy atom. The van der Waals surface area contributed by atoms with Crippen molar-refractivity contribution < 1.29 is 18.8 Å². The van der Waals surface area contributed by atoms with Gasteiger partial charge in [-0.2, -0.15) is 5.26 Å². The van der Waals surface area contributed by atoms with Crippen molar-refractivity contribution in [3.8, 4) is 6.07 Å². The summed E-state index contributed by atoms with van der Waals surface area (Å²) in [5, 5.41) is 17.5. The van der Waals surface area contributed by atoms with Crippen LogP contribution in [0, 0.1) is 18.3 Å². The van der Waals surface area contributed by atoms with E-state index in [-0.39, 0.29) is 22.4 Å². The summed E-state index contributed by atoms with van der Waals surface area (Å²) in [5.74, 6) is -0.732. The number of benzene rings is 1. The van der Waals surface area contributed by atoms with E-state index in [1.807, 2.05) is 13.0 Å². The summed E-state index contributed by atoms with van der Waals surface area (Å²) in [6.45, 7) is 3.48. The van der Waals surface area contributed by atoms with Gasteiger partial charge in [-0.15, -0.1) is 11.3 Å². The smallest absolute Gasteiger partial charge is 0.321 e. The molecule has 0 spiro atoms. The third kappa shape index (κ3) is 4.87. The first kappa shape index (κ1) is 22.3. The molecule has 0 fully saturated rings. The Hall–Kier alpha value is -3.36. The molecule has 3 aromatic rings. The van der Waals surface area contributed by atoms with Gasteiger partial charge in [0.15, 0.2) is 7.05 Å². The Morgan fingerprint density at radius 2 is 2.03 bits per heavy atom. The van der Waals surface area contributed by atoms with E-state index in [2.05, 4.69) is 22.0 Å². The molecule has 0 saturated heterocycles. The van der Waals surface area contributed by atoms with Gasteiger partial charge in [-0.1, -0.05) is 29.8 Å². The standard InChI is InChI=1S/C20H19N5O4S2/c1-4-14(30-19-20(28)29-24-25(19)3)16(26)23-18-13(10-21)11(2)15(31-18)17(27)22-12-8-6-5-7-9-12/h5-9,14H,4H2,1-3H3,(H2-,22,23,24,26,27,28)/p+1. The number of hydrogen-bond donors (Lipinski definition) is 3. The zero-order valence-corrected chi connectivity index (χ0v) is 18.6. The Kier molecular flexibility index (Phi) is 6.94. The number of anilines is 2. The van der Waals surface area contributed by atoms with Crippen molar-refractivity contribution in [3.05, 3.63) is 56.8 Å². The Morgan fingerprint density at radius 3 is 2.61 bits per heavy atom. The molecule has 31 heavy (non-hydrogen) atoms. The third-order valence-electron chi connectivity index (χ3n) is 4.40. The predicted octanol–water partition coefficient (Wildman–Crippen LogP) is 2.80. The van der Waals surface area contributed by atoms with Gasteiger partial charge in [0, 0.05) is 5.69 Å². The summed E-state index contributed by atoms with van der Waals surface area (Å²) in [6, 6.07) is 11.0. The lowest BCUT2D eigenvalue weighted by Gasteiger charge is -2.11. The molecule has 0 saturated carbocycles. The molecular weight excluding hydrogens is 438 g/mol. The van der Waals surface area contributed by atoms with Gasteiger partial charge in [0.1, 0.15) is 11.1 Å². The Labute approximate surface area is 186 Å². The molecule has 2 heterocycles. The molecule has 2 aromatic heterocycles. The van der Waals surface area contributed by atoms with Crippen LogP contribution in [0.3, 0.4) is 0 Å². The highest BCUT2D eigenvalue weighted by Crippen LogP contribution is 2.34. The maximum Gasteiger partial charge on any atom is 0.441 e. The summed E-state index contributed by atoms with van der Waals surface area (Å²) in [6.07, 6.45) is 0.439. The topological polar surface area (TPSA) is 132 Å². The number of nitrogens with zero attached hydrogens (tertiary/aromatic N) is 2. The van der Waals surface area contributed by atoms with E-state index >= 15 is 0 Å². The number of hydrogen-bond acceptors (Lipinski definition) is 7. The van der Waals surface area contributed by atoms with Gasteiger partial charge >= 0.3 is 10.7 Å². The van der Waals surface area contributed by atoms with Crippen molar-refractivity contribution in [1.82, 2.24) is 5.27 Å². The van der Waals surface area contributed by atoms with Gasteiger partial charge in [-0.05, 0) is 48.1 Å². The zero-order valence-electron chi connectivity index (χ0n) is 17.0. The fourth-order valence-corrected chi connectivity index (χ4v) is 4.76. The van der Waals surface area contributed by atoms with E-state index in [9.17, 15) is 19.6 Å². The zero-order chi connectivity index (χ0) is 22.5. The number of nitriles is 1. The molecule has 0 bridgehead atoms. The average Bonchev–Trinajstić information content (AvgIpc) is 3.24. The van der Waals surface area contributed by atoms with Crippen molar-refractivity contribution >= 4 is 45.6 Å². The molecule has 3 rings (SSSR count). The predicted molar refractivity (Wildman–Crippen MR) is 117 cm³/mol. The van der Waals surface area contributed by atoms with Crippen LogP contribution in [0.4, 0.5) is 10.7 Å². The fraction of sp³-hybridized carbons (Fsp3) is 0.250. The first-order valence-corrected chi connectivity index (χ1v) is 11.0. The highest BCUT2D eigenvalue weighted by molar-refractivity contribution is 8.00. The highest BCUT2D eigenvalue weighted by atomic mass is 32.2. The lowest BCUT2D eigenvalue weighted by Crippen LogP contribution is -2.35. The molecular formula is C20H20N5O4S2+. The SMILES string of the molecule is CCC(Sc1c(=O)o[nH][n+]1C)C(=O)Nc1sc(C(=O)Nc2ccccc2)c(C)c1C#N. The van der Waals surface area contributed by atoms with Crippen LogP contribution in [0.1, 0.15) is 34.1 Å². The molecule has 160 valence electrons. The van der Waals surface area contributed by atoms with Crippen molar-refractivity contribution in [2.75, 3.05) is 10.6 Å². The van der Waals surface area contributed by atoms with E-state index in [1.54, 1.807) is 38.2 Å². The molecule has 1 atom stereocenters. The van der Waals surface area contributed by atoms with E-state index in [4.69, 9.17) is 4.52 Å². The van der Waals surface area contributed by atoms with E-state index in [1.165, 1.54) is 4.68 Å². The van der Waals surface area contributed by atoms with Gasteiger partial charge < -0.3 is 10.6 Å². The van der Waals surface area contributed by atoms with Crippen LogP contribution in [-0.2, 0) is 11.8 Å². The molecule has 0 aliphatic rings. The second-order valence-corrected chi connectivity index (χ2v) is 8.75. The van der Waals surface area contributed by atoms with Crippen molar-refractivity contribution in [3.63, 3.8) is 0 Å². The van der Waals surface area contributed by atoms with Crippen LogP contribution in [0.2, 0.25) is 0 Å². The number of para-hydroxylation sites is 1. The summed E-state index contributed by atoms with van der Waals surface area (Å²) in [5.41, 5.74) is 0.797. The number of thioether (sulfide) groups is 1. The number of rotatable bonds is 7. The minimum absolute atomic E-state index is 0.239. The summed E-state index contributed by atoms with van der Waals surface area (Å²) >= 11 is 2.11. The minimum Gasteiger partial charge on any atom is -0.321 e. The minimum atomic E-state index is -0.597. The van der Waals surface area contributed by atoms with Crippen LogP contribution in [0.15, 0.2) is 44.7 Å². The monoisotopic (exact) mass is 458 g/mol. The number of carbonyl (C=O) groups is 2. The van der Waals surface area contributed by atoms with Crippen LogP contribution < -0.4 is 20.9 Å². The molecule has 1 unspecified atom stereocenters. The number of nitrogens with one attached hydrogen (secondary N) is 3. The summed E-state index contributed by atoms with van der Waals surface area (Å²) < 4.78 is 6.11. The van der Waals surface area contributed by atoms with E-state index in [0.717, 1.165) is 23.1 Å². The molecule has 11 heteroatoms. The number of H-pyrrole nitrogens is 1. The maximum absolute atomic E-state index is 12.9. The summed E-state index contributed by atoms with van der Waals surface area (Å²) in [4.78, 5) is 37.7. The van der Waals surface area contributed by atoms with Crippen molar-refractivity contribution in [1.29, 1.82) is 5.26 Å². The number of carbonyl (C=O) groups excluding carboxylic acids is 2. The average molecular weight is 459 g/mol. The first-order valence-electron chi connectivity index (χ1n) is 9.30.